The van der Waals surface area contributed by atoms with Gasteiger partial charge in [0.25, 0.3) is 5.91 Å². The summed E-state index contributed by atoms with van der Waals surface area (Å²) >= 11 is 12.9. The molecule has 4 atom stereocenters. The standard InChI is InChI=1S/C22H24Cl2N4O/c1-11-6-14(23)7-16(24)19(11)20-15(9-26)12(2)27-17-10-28(22(29)21(17)20)18-5-3-4-13(18)8-25/h6-7,11,13,18-19H,3-5,9-10,26H2,1-2H3/t11-,13?,18?,19?/m0/s1. The number of hydrogen-bond acceptors (Lipinski definition) is 4. The van der Waals surface area contributed by atoms with E-state index in [4.69, 9.17) is 33.9 Å². The van der Waals surface area contributed by atoms with E-state index < -0.39 is 0 Å². The Labute approximate surface area is 181 Å². The predicted molar refractivity (Wildman–Crippen MR) is 113 cm³/mol. The van der Waals surface area contributed by atoms with Gasteiger partial charge in [-0.15, -0.1) is 0 Å². The van der Waals surface area contributed by atoms with E-state index in [9.17, 15) is 10.1 Å². The summed E-state index contributed by atoms with van der Waals surface area (Å²) in [6.45, 7) is 4.70. The van der Waals surface area contributed by atoms with Gasteiger partial charge in [-0.25, -0.2) is 0 Å². The lowest BCUT2D eigenvalue weighted by Crippen LogP contribution is -2.38. The summed E-state index contributed by atoms with van der Waals surface area (Å²) in [4.78, 5) is 20.2. The maximum Gasteiger partial charge on any atom is 0.256 e. The van der Waals surface area contributed by atoms with E-state index >= 15 is 0 Å². The smallest absolute Gasteiger partial charge is 0.256 e. The molecule has 3 aliphatic rings. The number of nitriles is 1. The van der Waals surface area contributed by atoms with Gasteiger partial charge in [-0.1, -0.05) is 36.2 Å². The quantitative estimate of drug-likeness (QED) is 0.765. The minimum absolute atomic E-state index is 0.0244. The topological polar surface area (TPSA) is 83.0 Å². The predicted octanol–water partition coefficient (Wildman–Crippen LogP) is 4.48. The maximum atomic E-state index is 13.6. The Bertz CT molecular complexity index is 978. The molecule has 1 saturated carbocycles. The van der Waals surface area contributed by atoms with Gasteiger partial charge >= 0.3 is 0 Å². The van der Waals surface area contributed by atoms with Gasteiger partial charge in [0, 0.05) is 34.3 Å². The maximum absolute atomic E-state index is 13.6. The zero-order valence-corrected chi connectivity index (χ0v) is 18.1. The number of rotatable bonds is 3. The number of halogens is 2. The molecule has 2 heterocycles. The average molecular weight is 431 g/mol. The van der Waals surface area contributed by atoms with Crippen LogP contribution in [-0.2, 0) is 13.1 Å². The van der Waals surface area contributed by atoms with Crippen molar-refractivity contribution in [3.8, 4) is 6.07 Å². The summed E-state index contributed by atoms with van der Waals surface area (Å²) in [6, 6.07) is 2.33. The largest absolute Gasteiger partial charge is 0.328 e. The Balaban J connectivity index is 1.85. The molecule has 1 amide bonds. The molecule has 1 aliphatic heterocycles. The lowest BCUT2D eigenvalue weighted by atomic mass is 9.79. The van der Waals surface area contributed by atoms with E-state index in [-0.39, 0.29) is 36.2 Å². The SMILES string of the molecule is Cc1nc2c(c(C3C(Cl)=CC(Cl)=C[C@@H]3C)c1CN)C(=O)N(C1CCCC1C#N)C2. The Morgan fingerprint density at radius 3 is 2.79 bits per heavy atom. The van der Waals surface area contributed by atoms with Crippen LogP contribution in [0.5, 0.6) is 0 Å². The molecular formula is C22H24Cl2N4O. The molecular weight excluding hydrogens is 407 g/mol. The molecule has 7 heteroatoms. The van der Waals surface area contributed by atoms with Crippen molar-refractivity contribution in [3.63, 3.8) is 0 Å². The molecule has 0 bridgehead atoms. The number of aromatic nitrogens is 1. The summed E-state index contributed by atoms with van der Waals surface area (Å²) in [5.41, 5.74) is 10.1. The monoisotopic (exact) mass is 430 g/mol. The number of nitrogens with two attached hydrogens (primary N) is 1. The third-order valence-electron chi connectivity index (χ3n) is 6.50. The lowest BCUT2D eigenvalue weighted by molar-refractivity contribution is 0.0681. The molecule has 0 aromatic carbocycles. The van der Waals surface area contributed by atoms with Crippen molar-refractivity contribution in [3.05, 3.63) is 50.3 Å². The molecule has 0 spiro atoms. The number of fused-ring (bicyclic) bond motifs is 1. The van der Waals surface area contributed by atoms with Crippen LogP contribution in [-0.4, -0.2) is 21.8 Å². The number of pyridine rings is 1. The van der Waals surface area contributed by atoms with Crippen molar-refractivity contribution in [2.45, 2.75) is 58.2 Å². The van der Waals surface area contributed by atoms with E-state index in [0.29, 0.717) is 22.2 Å². The van der Waals surface area contributed by atoms with Gasteiger partial charge < -0.3 is 10.6 Å². The Morgan fingerprint density at radius 2 is 2.14 bits per heavy atom. The second-order valence-electron chi connectivity index (χ2n) is 8.20. The summed E-state index contributed by atoms with van der Waals surface area (Å²) in [5, 5.41) is 10.7. The van der Waals surface area contributed by atoms with Gasteiger partial charge in [0.05, 0.1) is 29.8 Å². The van der Waals surface area contributed by atoms with Gasteiger partial charge in [0.1, 0.15) is 0 Å². The Kier molecular flexibility index (Phi) is 5.46. The highest BCUT2D eigenvalue weighted by Gasteiger charge is 2.43. The molecule has 0 radical (unpaired) electrons. The summed E-state index contributed by atoms with van der Waals surface area (Å²) < 4.78 is 0. The Morgan fingerprint density at radius 1 is 1.38 bits per heavy atom. The first kappa shape index (κ1) is 20.4. The van der Waals surface area contributed by atoms with Gasteiger partial charge in [0.2, 0.25) is 0 Å². The summed E-state index contributed by atoms with van der Waals surface area (Å²) in [6.07, 6.45) is 6.37. The van der Waals surface area contributed by atoms with Crippen LogP contribution < -0.4 is 5.73 Å². The zero-order valence-electron chi connectivity index (χ0n) is 16.6. The summed E-state index contributed by atoms with van der Waals surface area (Å²) in [7, 11) is 0. The first-order valence-electron chi connectivity index (χ1n) is 10.0. The second kappa shape index (κ2) is 7.75. The average Bonchev–Trinajstić information content (AvgIpc) is 3.24. The fourth-order valence-corrected chi connectivity index (χ4v) is 5.96. The molecule has 2 aliphatic carbocycles. The third kappa shape index (κ3) is 3.28. The highest BCUT2D eigenvalue weighted by molar-refractivity contribution is 6.35. The van der Waals surface area contributed by atoms with Crippen molar-refractivity contribution >= 4 is 29.1 Å². The highest BCUT2D eigenvalue weighted by atomic mass is 35.5. The van der Waals surface area contributed by atoms with Crippen molar-refractivity contribution in [2.24, 2.45) is 17.6 Å². The summed E-state index contributed by atoms with van der Waals surface area (Å²) in [5.74, 6) is -0.337. The van der Waals surface area contributed by atoms with Crippen LogP contribution >= 0.6 is 23.2 Å². The lowest BCUT2D eigenvalue weighted by Gasteiger charge is -2.30. The van der Waals surface area contributed by atoms with Gasteiger partial charge in [-0.2, -0.15) is 5.26 Å². The molecule has 3 unspecified atom stereocenters. The minimum atomic E-state index is -0.188. The van der Waals surface area contributed by atoms with E-state index in [2.05, 4.69) is 6.07 Å². The van der Waals surface area contributed by atoms with E-state index in [1.54, 1.807) is 6.08 Å². The number of carbonyl (C=O) groups excluding carboxylic acids is 1. The van der Waals surface area contributed by atoms with Crippen molar-refractivity contribution in [1.82, 2.24) is 9.88 Å². The molecule has 1 aromatic heterocycles. The van der Waals surface area contributed by atoms with Crippen LogP contribution in [0.15, 0.2) is 22.2 Å². The third-order valence-corrected chi connectivity index (χ3v) is 7.08. The van der Waals surface area contributed by atoms with Crippen LogP contribution in [0, 0.1) is 30.1 Å². The molecule has 1 aromatic rings. The van der Waals surface area contributed by atoms with E-state index in [1.165, 1.54) is 0 Å². The fraction of sp³-hybridized carbons (Fsp3) is 0.500. The first-order valence-corrected chi connectivity index (χ1v) is 10.8. The molecule has 29 heavy (non-hydrogen) atoms. The normalized spacial score (nSPS) is 28.8. The zero-order chi connectivity index (χ0) is 20.9. The highest BCUT2D eigenvalue weighted by Crippen LogP contribution is 2.46. The Hall–Kier alpha value is -1.87. The second-order valence-corrected chi connectivity index (χ2v) is 9.07. The number of hydrogen-bond donors (Lipinski definition) is 1. The number of nitrogens with zero attached hydrogens (tertiary/aromatic N) is 3. The van der Waals surface area contributed by atoms with Gasteiger partial charge in [0.15, 0.2) is 0 Å². The van der Waals surface area contributed by atoms with Crippen molar-refractivity contribution in [1.29, 1.82) is 5.26 Å². The van der Waals surface area contributed by atoms with Crippen LogP contribution in [0.2, 0.25) is 0 Å². The van der Waals surface area contributed by atoms with Crippen LogP contribution in [0.3, 0.4) is 0 Å². The van der Waals surface area contributed by atoms with E-state index in [1.807, 2.05) is 24.8 Å². The molecule has 5 nitrogen and oxygen atoms in total. The number of carbonyl (C=O) groups is 1. The van der Waals surface area contributed by atoms with E-state index in [0.717, 1.165) is 41.8 Å². The fourth-order valence-electron chi connectivity index (χ4n) is 5.16. The number of aryl methyl sites for hydroxylation is 1. The number of allylic oxidation sites excluding steroid dienone is 4. The van der Waals surface area contributed by atoms with Gasteiger partial charge in [-0.05, 0) is 49.3 Å². The van der Waals surface area contributed by atoms with Crippen LogP contribution in [0.4, 0.5) is 0 Å². The van der Waals surface area contributed by atoms with Gasteiger partial charge in [-0.3, -0.25) is 9.78 Å². The molecule has 4 rings (SSSR count). The first-order chi connectivity index (χ1) is 13.9. The van der Waals surface area contributed by atoms with Crippen molar-refractivity contribution < 1.29 is 4.79 Å². The minimum Gasteiger partial charge on any atom is -0.328 e. The number of amides is 1. The van der Waals surface area contributed by atoms with Crippen molar-refractivity contribution in [2.75, 3.05) is 0 Å². The molecule has 1 fully saturated rings. The molecule has 0 saturated heterocycles. The van der Waals surface area contributed by atoms with Crippen LogP contribution in [0.25, 0.3) is 0 Å². The van der Waals surface area contributed by atoms with Crippen LogP contribution in [0.1, 0.15) is 65.0 Å². The molecule has 152 valence electrons. The molecule has 2 N–H and O–H groups in total.